The first-order valence-corrected chi connectivity index (χ1v) is 11.9. The van der Waals surface area contributed by atoms with Gasteiger partial charge in [-0.25, -0.2) is 0 Å². The Morgan fingerprint density at radius 2 is 1.79 bits per heavy atom. The van der Waals surface area contributed by atoms with Crippen molar-refractivity contribution < 1.29 is 14.3 Å². The minimum Gasteiger partial charge on any atom is -0.493 e. The van der Waals surface area contributed by atoms with Gasteiger partial charge in [0, 0.05) is 5.02 Å². The highest BCUT2D eigenvalue weighted by Gasteiger charge is 2.35. The van der Waals surface area contributed by atoms with Gasteiger partial charge in [-0.1, -0.05) is 84.1 Å². The fraction of sp³-hybridized carbons (Fsp3) is 0.154. The van der Waals surface area contributed by atoms with E-state index in [1.54, 1.807) is 12.0 Å². The molecule has 1 fully saturated rings. The number of thiocarbonyl (C=S) groups is 1. The Morgan fingerprint density at radius 3 is 2.48 bits per heavy atom. The minimum absolute atomic E-state index is 0.0941. The van der Waals surface area contributed by atoms with Gasteiger partial charge in [0.05, 0.1) is 18.1 Å². The van der Waals surface area contributed by atoms with Crippen LogP contribution in [0.4, 0.5) is 0 Å². The minimum atomic E-state index is -0.136. The van der Waals surface area contributed by atoms with Crippen molar-refractivity contribution in [1.29, 1.82) is 0 Å². The summed E-state index contributed by atoms with van der Waals surface area (Å²) in [4.78, 5) is 15.4. The van der Waals surface area contributed by atoms with Gasteiger partial charge in [-0.2, -0.15) is 0 Å². The zero-order valence-corrected chi connectivity index (χ0v) is 20.5. The van der Waals surface area contributed by atoms with Crippen LogP contribution in [0.2, 0.25) is 5.02 Å². The van der Waals surface area contributed by atoms with E-state index in [9.17, 15) is 4.79 Å². The summed E-state index contributed by atoms with van der Waals surface area (Å²) >= 11 is 12.8. The number of carbonyl (C=O) groups excluding carboxylic acids is 1. The lowest BCUT2D eigenvalue weighted by molar-refractivity contribution is -0.123. The molecule has 0 aliphatic carbocycles. The van der Waals surface area contributed by atoms with Crippen molar-refractivity contribution in [3.63, 3.8) is 0 Å². The van der Waals surface area contributed by atoms with Crippen molar-refractivity contribution in [2.45, 2.75) is 19.6 Å². The van der Waals surface area contributed by atoms with Crippen molar-refractivity contribution in [3.05, 3.63) is 99.4 Å². The van der Waals surface area contributed by atoms with Crippen LogP contribution in [0.5, 0.6) is 11.5 Å². The Kier molecular flexibility index (Phi) is 7.38. The molecule has 3 aromatic carbocycles. The zero-order valence-electron chi connectivity index (χ0n) is 18.2. The number of benzene rings is 3. The molecule has 1 aliphatic heterocycles. The molecule has 0 radical (unpaired) electrons. The fourth-order valence-corrected chi connectivity index (χ4v) is 5.03. The molecular weight excluding hydrogens is 474 g/mol. The predicted molar refractivity (Wildman–Crippen MR) is 139 cm³/mol. The number of ether oxygens (including phenoxy) is 2. The van der Waals surface area contributed by atoms with Gasteiger partial charge in [0.2, 0.25) is 0 Å². The number of carbonyl (C=O) groups is 1. The number of thioether (sulfide) groups is 1. The molecule has 1 amide bonds. The summed E-state index contributed by atoms with van der Waals surface area (Å²) in [6.45, 7) is 2.38. The summed E-state index contributed by atoms with van der Waals surface area (Å²) in [7, 11) is 1.59. The maximum atomic E-state index is 13.1. The second-order valence-electron chi connectivity index (χ2n) is 7.46. The lowest BCUT2D eigenvalue weighted by Crippen LogP contribution is -2.30. The zero-order chi connectivity index (χ0) is 23.4. The van der Waals surface area contributed by atoms with Crippen LogP contribution in [0.1, 0.15) is 29.7 Å². The van der Waals surface area contributed by atoms with E-state index in [1.807, 2.05) is 85.8 Å². The Balaban J connectivity index is 1.50. The Morgan fingerprint density at radius 1 is 1.06 bits per heavy atom. The number of hydrogen-bond donors (Lipinski definition) is 0. The number of hydrogen-bond acceptors (Lipinski definition) is 5. The molecule has 0 saturated carbocycles. The van der Waals surface area contributed by atoms with Crippen molar-refractivity contribution in [1.82, 2.24) is 4.90 Å². The monoisotopic (exact) mass is 495 g/mol. The van der Waals surface area contributed by atoms with Crippen LogP contribution in [0.15, 0.2) is 77.7 Å². The highest BCUT2D eigenvalue weighted by atomic mass is 35.5. The summed E-state index contributed by atoms with van der Waals surface area (Å²) in [5, 5.41) is 0.684. The van der Waals surface area contributed by atoms with Crippen molar-refractivity contribution >= 4 is 51.9 Å². The van der Waals surface area contributed by atoms with Gasteiger partial charge in [0.1, 0.15) is 10.9 Å². The molecule has 1 saturated heterocycles. The van der Waals surface area contributed by atoms with Crippen LogP contribution in [-0.2, 0) is 11.4 Å². The van der Waals surface area contributed by atoms with Gasteiger partial charge >= 0.3 is 0 Å². The van der Waals surface area contributed by atoms with Gasteiger partial charge in [0.15, 0.2) is 11.5 Å². The number of amides is 1. The van der Waals surface area contributed by atoms with E-state index in [0.29, 0.717) is 32.4 Å². The lowest BCUT2D eigenvalue weighted by atomic mass is 10.1. The maximum absolute atomic E-state index is 13.1. The van der Waals surface area contributed by atoms with Crippen LogP contribution in [0.3, 0.4) is 0 Å². The van der Waals surface area contributed by atoms with E-state index in [1.165, 1.54) is 11.8 Å². The average Bonchev–Trinajstić information content (AvgIpc) is 3.11. The van der Waals surface area contributed by atoms with Gasteiger partial charge in [-0.3, -0.25) is 9.69 Å². The van der Waals surface area contributed by atoms with Gasteiger partial charge in [-0.15, -0.1) is 0 Å². The molecule has 33 heavy (non-hydrogen) atoms. The molecule has 4 nitrogen and oxygen atoms in total. The largest absolute Gasteiger partial charge is 0.493 e. The first kappa shape index (κ1) is 23.4. The highest BCUT2D eigenvalue weighted by Crippen LogP contribution is 2.39. The molecule has 0 aromatic heterocycles. The average molecular weight is 496 g/mol. The van der Waals surface area contributed by atoms with E-state index in [2.05, 4.69) is 0 Å². The smallest absolute Gasteiger partial charge is 0.266 e. The van der Waals surface area contributed by atoms with Crippen LogP contribution in [-0.4, -0.2) is 22.2 Å². The van der Waals surface area contributed by atoms with E-state index in [4.69, 9.17) is 33.3 Å². The standard InChI is InChI=1S/C26H22ClNO3S2/c1-17(20-6-4-3-5-7-20)28-25(29)24(33-26(28)32)15-19-10-13-22(23(14-19)30-2)31-16-18-8-11-21(27)12-9-18/h3-15,17H,16H2,1-2H3/b24-15-. The molecule has 1 heterocycles. The molecule has 168 valence electrons. The molecule has 1 atom stereocenters. The van der Waals surface area contributed by atoms with E-state index >= 15 is 0 Å². The normalized spacial score (nSPS) is 15.7. The van der Waals surface area contributed by atoms with Gasteiger partial charge in [0.25, 0.3) is 5.91 Å². The number of rotatable bonds is 7. The first-order chi connectivity index (χ1) is 16.0. The molecule has 0 spiro atoms. The van der Waals surface area contributed by atoms with Crippen LogP contribution < -0.4 is 9.47 Å². The number of halogens is 1. The second-order valence-corrected chi connectivity index (χ2v) is 9.58. The molecule has 3 aromatic rings. The molecule has 1 aliphatic rings. The van der Waals surface area contributed by atoms with Gasteiger partial charge < -0.3 is 9.47 Å². The molecular formula is C26H22ClNO3S2. The highest BCUT2D eigenvalue weighted by molar-refractivity contribution is 8.26. The van der Waals surface area contributed by atoms with Crippen molar-refractivity contribution in [2.24, 2.45) is 0 Å². The van der Waals surface area contributed by atoms with E-state index in [-0.39, 0.29) is 11.9 Å². The quantitative estimate of drug-likeness (QED) is 0.263. The third-order valence-electron chi connectivity index (χ3n) is 5.29. The molecule has 1 unspecified atom stereocenters. The first-order valence-electron chi connectivity index (χ1n) is 10.3. The fourth-order valence-electron chi connectivity index (χ4n) is 3.48. The Hall–Kier alpha value is -2.80. The van der Waals surface area contributed by atoms with Crippen molar-refractivity contribution in [3.8, 4) is 11.5 Å². The summed E-state index contributed by atoms with van der Waals surface area (Å²) in [6.07, 6.45) is 1.84. The summed E-state index contributed by atoms with van der Waals surface area (Å²) in [5.74, 6) is 1.11. The third kappa shape index (κ3) is 5.41. The topological polar surface area (TPSA) is 38.8 Å². The third-order valence-corrected chi connectivity index (χ3v) is 6.87. The SMILES string of the molecule is COc1cc(/C=C2\SC(=S)N(C(C)c3ccccc3)C2=O)ccc1OCc1ccc(Cl)cc1. The molecule has 7 heteroatoms. The number of nitrogens with zero attached hydrogens (tertiary/aromatic N) is 1. The Labute approximate surface area is 208 Å². The van der Waals surface area contributed by atoms with Gasteiger partial charge in [-0.05, 0) is 54.0 Å². The van der Waals surface area contributed by atoms with Crippen molar-refractivity contribution in [2.75, 3.05) is 7.11 Å². The van der Waals surface area contributed by atoms with E-state index < -0.39 is 0 Å². The second kappa shape index (κ2) is 10.4. The van der Waals surface area contributed by atoms with E-state index in [0.717, 1.165) is 16.7 Å². The number of methoxy groups -OCH3 is 1. The van der Waals surface area contributed by atoms with Crippen LogP contribution >= 0.6 is 35.6 Å². The summed E-state index contributed by atoms with van der Waals surface area (Å²) in [5.41, 5.74) is 2.87. The van der Waals surface area contributed by atoms with Crippen LogP contribution in [0.25, 0.3) is 6.08 Å². The Bertz CT molecular complexity index is 1200. The predicted octanol–water partition coefficient (Wildman–Crippen LogP) is 6.89. The maximum Gasteiger partial charge on any atom is 0.266 e. The summed E-state index contributed by atoms with van der Waals surface area (Å²) < 4.78 is 12.0. The summed E-state index contributed by atoms with van der Waals surface area (Å²) in [6, 6.07) is 22.8. The lowest BCUT2D eigenvalue weighted by Gasteiger charge is -2.23. The molecule has 4 rings (SSSR count). The molecule has 0 bridgehead atoms. The molecule has 0 N–H and O–H groups in total. The van der Waals surface area contributed by atoms with Crippen LogP contribution in [0, 0.1) is 0 Å².